The van der Waals surface area contributed by atoms with Gasteiger partial charge in [0.2, 0.25) is 11.7 Å². The fraction of sp³-hybridized carbons (Fsp3) is 0.364. The number of rotatable bonds is 3. The summed E-state index contributed by atoms with van der Waals surface area (Å²) < 4.78 is 39.6. The minimum Gasteiger partial charge on any atom is -0.297 e. The first-order valence-electron chi connectivity index (χ1n) is 5.56. The summed E-state index contributed by atoms with van der Waals surface area (Å²) >= 11 is 2.93. The first kappa shape index (κ1) is 14.8. The van der Waals surface area contributed by atoms with Crippen LogP contribution in [0.2, 0.25) is 0 Å². The number of alkyl halides is 2. The largest absolute Gasteiger partial charge is 0.328 e. The van der Waals surface area contributed by atoms with E-state index in [0.717, 1.165) is 12.1 Å². The summed E-state index contributed by atoms with van der Waals surface area (Å²) in [6.07, 6.45) is -3.13. The molecule has 2 rings (SSSR count). The molecular weight excluding hydrogens is 345 g/mol. The summed E-state index contributed by atoms with van der Waals surface area (Å²) in [5, 5.41) is 10.9. The number of hydrogen-bond acceptors (Lipinski definition) is 3. The number of amides is 1. The summed E-state index contributed by atoms with van der Waals surface area (Å²) in [4.78, 5) is 22.2. The normalized spacial score (nSPS) is 18.9. The van der Waals surface area contributed by atoms with Crippen LogP contribution in [0.5, 0.6) is 0 Å². The predicted octanol–water partition coefficient (Wildman–Crippen LogP) is 3.26. The van der Waals surface area contributed by atoms with Crippen LogP contribution >= 0.6 is 15.9 Å². The Morgan fingerprint density at radius 3 is 2.65 bits per heavy atom. The van der Waals surface area contributed by atoms with E-state index >= 15 is 0 Å². The topological polar surface area (TPSA) is 63.5 Å². The van der Waals surface area contributed by atoms with Crippen molar-refractivity contribution in [3.63, 3.8) is 0 Å². The van der Waals surface area contributed by atoms with Gasteiger partial charge in [-0.05, 0) is 18.6 Å². The molecule has 1 fully saturated rings. The highest BCUT2D eigenvalue weighted by molar-refractivity contribution is 9.10. The molecule has 1 aromatic carbocycles. The second kappa shape index (κ2) is 5.39. The number of carbonyl (C=O) groups excluding carboxylic acids is 1. The Bertz CT molecular complexity index is 582. The average Bonchev–Trinajstić information content (AvgIpc) is 2.69. The molecule has 0 bridgehead atoms. The van der Waals surface area contributed by atoms with E-state index in [-0.39, 0.29) is 17.3 Å². The minimum absolute atomic E-state index is 0.123. The molecule has 1 saturated heterocycles. The zero-order valence-electron chi connectivity index (χ0n) is 9.85. The van der Waals surface area contributed by atoms with E-state index < -0.39 is 40.5 Å². The Morgan fingerprint density at radius 2 is 2.10 bits per heavy atom. The first-order chi connectivity index (χ1) is 9.32. The molecule has 0 radical (unpaired) electrons. The molecule has 5 nitrogen and oxygen atoms in total. The lowest BCUT2D eigenvalue weighted by Crippen LogP contribution is -2.38. The number of nitrogens with zero attached hydrogens (tertiary/aromatic N) is 2. The molecule has 0 saturated carbocycles. The van der Waals surface area contributed by atoms with Gasteiger partial charge < -0.3 is 0 Å². The maximum absolute atomic E-state index is 13.7. The minimum atomic E-state index is -2.86. The number of benzene rings is 1. The van der Waals surface area contributed by atoms with Crippen LogP contribution in [0.1, 0.15) is 12.8 Å². The number of halogens is 4. The van der Waals surface area contributed by atoms with Gasteiger partial charge in [-0.25, -0.2) is 8.78 Å². The molecule has 1 heterocycles. The summed E-state index contributed by atoms with van der Waals surface area (Å²) in [6, 6.07) is 0.467. The maximum atomic E-state index is 13.7. The van der Waals surface area contributed by atoms with Crippen LogP contribution in [0.15, 0.2) is 16.6 Å². The highest BCUT2D eigenvalue weighted by Gasteiger charge is 2.41. The molecule has 0 aromatic heterocycles. The van der Waals surface area contributed by atoms with E-state index in [1.54, 1.807) is 0 Å². The van der Waals surface area contributed by atoms with Crippen molar-refractivity contribution >= 4 is 33.2 Å². The summed E-state index contributed by atoms with van der Waals surface area (Å²) in [5.41, 5.74) is -1.43. The van der Waals surface area contributed by atoms with Gasteiger partial charge >= 0.3 is 5.69 Å². The van der Waals surface area contributed by atoms with Crippen LogP contribution in [0, 0.1) is 15.9 Å². The quantitative estimate of drug-likeness (QED) is 0.619. The van der Waals surface area contributed by atoms with E-state index in [9.17, 15) is 28.1 Å². The van der Waals surface area contributed by atoms with Gasteiger partial charge in [0.15, 0.2) is 0 Å². The molecule has 0 aliphatic carbocycles. The molecular formula is C11H8BrF3N2O3. The zero-order chi connectivity index (χ0) is 15.0. The fourth-order valence-electron chi connectivity index (χ4n) is 2.17. The van der Waals surface area contributed by atoms with E-state index in [1.165, 1.54) is 0 Å². The molecule has 1 aliphatic heterocycles. The van der Waals surface area contributed by atoms with Gasteiger partial charge in [-0.3, -0.25) is 19.8 Å². The third-order valence-corrected chi connectivity index (χ3v) is 3.45. The molecule has 9 heteroatoms. The zero-order valence-corrected chi connectivity index (χ0v) is 11.4. The standard InChI is InChI=1S/C11H8BrF3N2O3/c12-5-3-6(13)10(17(19)20)8(4-5)16-7(11(14)15)1-2-9(16)18/h3-4,7,11H,1-2H2/t7-/m0/s1. The SMILES string of the molecule is O=C1CC[C@@H](C(F)F)N1c1cc(Br)cc(F)c1[N+](=O)[O-]. The molecule has 1 aromatic rings. The van der Waals surface area contributed by atoms with Gasteiger partial charge in [-0.15, -0.1) is 0 Å². The number of anilines is 1. The Labute approximate surface area is 119 Å². The molecule has 0 N–H and O–H groups in total. The van der Waals surface area contributed by atoms with Crippen molar-refractivity contribution in [2.24, 2.45) is 0 Å². The second-order valence-electron chi connectivity index (χ2n) is 4.22. The van der Waals surface area contributed by atoms with Gasteiger partial charge in [-0.2, -0.15) is 4.39 Å². The average molecular weight is 353 g/mol. The highest BCUT2D eigenvalue weighted by atomic mass is 79.9. The Balaban J connectivity index is 2.61. The molecule has 0 spiro atoms. The number of nitro groups is 1. The van der Waals surface area contributed by atoms with Crippen molar-refractivity contribution in [3.8, 4) is 0 Å². The fourth-order valence-corrected chi connectivity index (χ4v) is 2.59. The van der Waals surface area contributed by atoms with Gasteiger partial charge in [0.05, 0.1) is 11.0 Å². The van der Waals surface area contributed by atoms with Crippen molar-refractivity contribution in [3.05, 3.63) is 32.5 Å². The lowest BCUT2D eigenvalue weighted by molar-refractivity contribution is -0.386. The van der Waals surface area contributed by atoms with Crippen LogP contribution < -0.4 is 4.90 Å². The molecule has 0 unspecified atom stereocenters. The number of carbonyl (C=O) groups is 1. The van der Waals surface area contributed by atoms with Crippen LogP contribution in [0.3, 0.4) is 0 Å². The monoisotopic (exact) mass is 352 g/mol. The molecule has 1 aliphatic rings. The molecule has 1 atom stereocenters. The van der Waals surface area contributed by atoms with Gasteiger partial charge in [0.25, 0.3) is 6.43 Å². The van der Waals surface area contributed by atoms with Gasteiger partial charge in [0.1, 0.15) is 5.69 Å². The number of hydrogen-bond donors (Lipinski definition) is 0. The van der Waals surface area contributed by atoms with Crippen LogP contribution in [0.25, 0.3) is 0 Å². The van der Waals surface area contributed by atoms with Crippen molar-refractivity contribution in [1.82, 2.24) is 0 Å². The Morgan fingerprint density at radius 1 is 1.45 bits per heavy atom. The summed E-state index contributed by atoms with van der Waals surface area (Å²) in [6.45, 7) is 0. The van der Waals surface area contributed by atoms with Crippen molar-refractivity contribution < 1.29 is 22.9 Å². The number of nitro benzene ring substituents is 1. The maximum Gasteiger partial charge on any atom is 0.328 e. The lowest BCUT2D eigenvalue weighted by Gasteiger charge is -2.24. The van der Waals surface area contributed by atoms with Crippen molar-refractivity contribution in [2.75, 3.05) is 4.90 Å². The Kier molecular flexibility index (Phi) is 3.98. The third kappa shape index (κ3) is 2.49. The van der Waals surface area contributed by atoms with E-state index in [1.807, 2.05) is 0 Å². The summed E-state index contributed by atoms with van der Waals surface area (Å²) in [5.74, 6) is -1.87. The van der Waals surface area contributed by atoms with Gasteiger partial charge in [0, 0.05) is 10.9 Å². The lowest BCUT2D eigenvalue weighted by atomic mass is 10.2. The molecule has 108 valence electrons. The second-order valence-corrected chi connectivity index (χ2v) is 5.13. The van der Waals surface area contributed by atoms with Gasteiger partial charge in [-0.1, -0.05) is 15.9 Å². The first-order valence-corrected chi connectivity index (χ1v) is 6.36. The highest BCUT2D eigenvalue weighted by Crippen LogP contribution is 2.39. The van der Waals surface area contributed by atoms with Crippen molar-refractivity contribution in [2.45, 2.75) is 25.3 Å². The molecule has 1 amide bonds. The molecule has 20 heavy (non-hydrogen) atoms. The Hall–Kier alpha value is -1.64. The van der Waals surface area contributed by atoms with Crippen LogP contribution in [0.4, 0.5) is 24.5 Å². The third-order valence-electron chi connectivity index (χ3n) is 3.00. The van der Waals surface area contributed by atoms with Crippen molar-refractivity contribution in [1.29, 1.82) is 0 Å². The van der Waals surface area contributed by atoms with Crippen LogP contribution in [-0.4, -0.2) is 23.3 Å². The predicted molar refractivity (Wildman–Crippen MR) is 67.3 cm³/mol. The van der Waals surface area contributed by atoms with E-state index in [2.05, 4.69) is 15.9 Å². The smallest absolute Gasteiger partial charge is 0.297 e. The van der Waals surface area contributed by atoms with E-state index in [4.69, 9.17) is 0 Å². The summed E-state index contributed by atoms with van der Waals surface area (Å²) in [7, 11) is 0. The van der Waals surface area contributed by atoms with Crippen LogP contribution in [-0.2, 0) is 4.79 Å². The van der Waals surface area contributed by atoms with E-state index in [0.29, 0.717) is 4.90 Å².